The Kier molecular flexibility index (Phi) is 5.72. The van der Waals surface area contributed by atoms with Crippen molar-refractivity contribution >= 4 is 17.4 Å². The van der Waals surface area contributed by atoms with Crippen molar-refractivity contribution in [2.75, 3.05) is 17.7 Å². The number of carbonyl (C=O) groups is 1. The molecule has 132 valence electrons. The maximum atomic E-state index is 12.2. The Morgan fingerprint density at radius 3 is 2.27 bits per heavy atom. The number of benzene rings is 3. The number of rotatable bonds is 6. The third-order valence-corrected chi connectivity index (χ3v) is 3.72. The predicted octanol–water partition coefficient (Wildman–Crippen LogP) is 4.92. The molecule has 3 aromatic rings. The molecule has 2 amide bonds. The highest BCUT2D eigenvalue weighted by Gasteiger charge is 2.08. The van der Waals surface area contributed by atoms with Crippen LogP contribution >= 0.6 is 0 Å². The van der Waals surface area contributed by atoms with E-state index in [1.165, 1.54) is 0 Å². The molecular weight excluding hydrogens is 328 g/mol. The smallest absolute Gasteiger partial charge is 0.323 e. The average molecular weight is 348 g/mol. The molecular formula is C21H20N2O3. The van der Waals surface area contributed by atoms with Crippen LogP contribution in [-0.4, -0.2) is 13.1 Å². The van der Waals surface area contributed by atoms with Gasteiger partial charge < -0.3 is 20.1 Å². The van der Waals surface area contributed by atoms with E-state index in [0.29, 0.717) is 18.0 Å². The Hall–Kier alpha value is -3.47. The van der Waals surface area contributed by atoms with Crippen LogP contribution in [0, 0.1) is 0 Å². The van der Waals surface area contributed by atoms with Gasteiger partial charge in [-0.25, -0.2) is 4.79 Å². The number of para-hydroxylation sites is 3. The first-order valence-electron chi connectivity index (χ1n) is 8.22. The monoisotopic (exact) mass is 348 g/mol. The fourth-order valence-electron chi connectivity index (χ4n) is 2.38. The van der Waals surface area contributed by atoms with E-state index in [4.69, 9.17) is 9.47 Å². The van der Waals surface area contributed by atoms with Gasteiger partial charge in [-0.2, -0.15) is 0 Å². The van der Waals surface area contributed by atoms with Crippen molar-refractivity contribution in [1.82, 2.24) is 0 Å². The highest BCUT2D eigenvalue weighted by atomic mass is 16.5. The molecule has 0 aliphatic heterocycles. The van der Waals surface area contributed by atoms with Gasteiger partial charge in [-0.05, 0) is 42.0 Å². The highest BCUT2D eigenvalue weighted by molar-refractivity contribution is 6.00. The zero-order chi connectivity index (χ0) is 18.2. The lowest BCUT2D eigenvalue weighted by atomic mass is 10.2. The van der Waals surface area contributed by atoms with E-state index in [0.717, 1.165) is 17.0 Å². The van der Waals surface area contributed by atoms with Crippen LogP contribution in [0.4, 0.5) is 16.2 Å². The number of ether oxygens (including phenoxy) is 2. The van der Waals surface area contributed by atoms with E-state index in [9.17, 15) is 4.79 Å². The molecule has 2 N–H and O–H groups in total. The van der Waals surface area contributed by atoms with Crippen LogP contribution in [0.15, 0.2) is 78.9 Å². The zero-order valence-electron chi connectivity index (χ0n) is 14.4. The first kappa shape index (κ1) is 17.4. The van der Waals surface area contributed by atoms with Gasteiger partial charge in [0.05, 0.1) is 12.8 Å². The second-order valence-corrected chi connectivity index (χ2v) is 5.58. The van der Waals surface area contributed by atoms with E-state index >= 15 is 0 Å². The zero-order valence-corrected chi connectivity index (χ0v) is 14.4. The normalized spacial score (nSPS) is 10.0. The van der Waals surface area contributed by atoms with Crippen LogP contribution in [0.2, 0.25) is 0 Å². The number of urea groups is 1. The lowest BCUT2D eigenvalue weighted by molar-refractivity contribution is 0.261. The quantitative estimate of drug-likeness (QED) is 0.665. The molecule has 0 heterocycles. The molecule has 5 heteroatoms. The van der Waals surface area contributed by atoms with Gasteiger partial charge in [0.15, 0.2) is 0 Å². The van der Waals surface area contributed by atoms with Crippen molar-refractivity contribution in [1.29, 1.82) is 0 Å². The standard InChI is InChI=1S/C21H20N2O3/c1-25-18-13-11-16(12-14-18)15-26-20-10-6-5-9-19(20)23-21(24)22-17-7-3-2-4-8-17/h2-14H,15H2,1H3,(H2,22,23,24). The van der Waals surface area contributed by atoms with Crippen molar-refractivity contribution in [3.63, 3.8) is 0 Å². The van der Waals surface area contributed by atoms with Gasteiger partial charge in [0.2, 0.25) is 0 Å². The summed E-state index contributed by atoms with van der Waals surface area (Å²) < 4.78 is 11.0. The molecule has 5 nitrogen and oxygen atoms in total. The molecule has 0 fully saturated rings. The van der Waals surface area contributed by atoms with Crippen LogP contribution in [0.5, 0.6) is 11.5 Å². The summed E-state index contributed by atoms with van der Waals surface area (Å²) in [5.41, 5.74) is 2.34. The minimum absolute atomic E-state index is 0.323. The summed E-state index contributed by atoms with van der Waals surface area (Å²) >= 11 is 0. The highest BCUT2D eigenvalue weighted by Crippen LogP contribution is 2.25. The van der Waals surface area contributed by atoms with Crippen molar-refractivity contribution in [3.05, 3.63) is 84.4 Å². The fourth-order valence-corrected chi connectivity index (χ4v) is 2.38. The molecule has 0 atom stereocenters. The molecule has 0 aromatic heterocycles. The summed E-state index contributed by atoms with van der Waals surface area (Å²) in [6.07, 6.45) is 0. The van der Waals surface area contributed by atoms with Crippen molar-refractivity contribution < 1.29 is 14.3 Å². The van der Waals surface area contributed by atoms with Crippen molar-refractivity contribution in [3.8, 4) is 11.5 Å². The molecule has 0 aliphatic rings. The van der Waals surface area contributed by atoms with Crippen LogP contribution in [0.1, 0.15) is 5.56 Å². The van der Waals surface area contributed by atoms with Crippen LogP contribution in [0.3, 0.4) is 0 Å². The van der Waals surface area contributed by atoms with Crippen molar-refractivity contribution in [2.45, 2.75) is 6.61 Å². The van der Waals surface area contributed by atoms with Crippen LogP contribution in [-0.2, 0) is 6.61 Å². The van der Waals surface area contributed by atoms with Gasteiger partial charge in [-0.3, -0.25) is 0 Å². The summed E-state index contributed by atoms with van der Waals surface area (Å²) in [5, 5.41) is 5.60. The molecule has 0 saturated carbocycles. The second-order valence-electron chi connectivity index (χ2n) is 5.58. The Labute approximate surface area is 152 Å². The average Bonchev–Trinajstić information content (AvgIpc) is 2.68. The Morgan fingerprint density at radius 1 is 0.846 bits per heavy atom. The third kappa shape index (κ3) is 4.77. The van der Waals surface area contributed by atoms with Crippen molar-refractivity contribution in [2.24, 2.45) is 0 Å². The van der Waals surface area contributed by atoms with E-state index in [1.807, 2.05) is 72.8 Å². The van der Waals surface area contributed by atoms with Gasteiger partial charge in [-0.15, -0.1) is 0 Å². The van der Waals surface area contributed by atoms with E-state index in [-0.39, 0.29) is 6.03 Å². The Bertz CT molecular complexity index is 849. The number of hydrogen-bond acceptors (Lipinski definition) is 3. The number of anilines is 2. The number of hydrogen-bond donors (Lipinski definition) is 2. The second kappa shape index (κ2) is 8.58. The number of nitrogens with one attached hydrogen (secondary N) is 2. The van der Waals surface area contributed by atoms with Gasteiger partial charge in [-0.1, -0.05) is 42.5 Å². The lowest BCUT2D eigenvalue weighted by Crippen LogP contribution is -2.19. The maximum absolute atomic E-state index is 12.2. The van der Waals surface area contributed by atoms with Crippen LogP contribution < -0.4 is 20.1 Å². The predicted molar refractivity (Wildman–Crippen MR) is 103 cm³/mol. The molecule has 0 aliphatic carbocycles. The number of amides is 2. The fraction of sp³-hybridized carbons (Fsp3) is 0.0952. The molecule has 0 radical (unpaired) electrons. The SMILES string of the molecule is COc1ccc(COc2ccccc2NC(=O)Nc2ccccc2)cc1. The molecule has 3 rings (SSSR count). The number of carbonyl (C=O) groups excluding carboxylic acids is 1. The summed E-state index contributed by atoms with van der Waals surface area (Å²) in [5.74, 6) is 1.40. The lowest BCUT2D eigenvalue weighted by Gasteiger charge is -2.13. The van der Waals surface area contributed by atoms with Gasteiger partial charge in [0, 0.05) is 5.69 Å². The molecule has 3 aromatic carbocycles. The van der Waals surface area contributed by atoms with E-state index in [2.05, 4.69) is 10.6 Å². The van der Waals surface area contributed by atoms with E-state index < -0.39 is 0 Å². The minimum Gasteiger partial charge on any atom is -0.497 e. The summed E-state index contributed by atoms with van der Waals surface area (Å²) in [7, 11) is 1.63. The molecule has 0 bridgehead atoms. The molecule has 0 unspecified atom stereocenters. The molecule has 0 spiro atoms. The third-order valence-electron chi connectivity index (χ3n) is 3.72. The molecule has 0 saturated heterocycles. The summed E-state index contributed by atoms with van der Waals surface area (Å²) in [6.45, 7) is 0.392. The summed E-state index contributed by atoms with van der Waals surface area (Å²) in [6, 6.07) is 23.9. The first-order valence-corrected chi connectivity index (χ1v) is 8.22. The van der Waals surface area contributed by atoms with E-state index in [1.54, 1.807) is 13.2 Å². The van der Waals surface area contributed by atoms with Crippen LogP contribution in [0.25, 0.3) is 0 Å². The Morgan fingerprint density at radius 2 is 1.54 bits per heavy atom. The first-order chi connectivity index (χ1) is 12.7. The minimum atomic E-state index is -0.323. The maximum Gasteiger partial charge on any atom is 0.323 e. The summed E-state index contributed by atoms with van der Waals surface area (Å²) in [4.78, 5) is 12.2. The van der Waals surface area contributed by atoms with Gasteiger partial charge in [0.25, 0.3) is 0 Å². The number of methoxy groups -OCH3 is 1. The Balaban J connectivity index is 1.62. The largest absolute Gasteiger partial charge is 0.497 e. The van der Waals surface area contributed by atoms with Gasteiger partial charge in [0.1, 0.15) is 18.1 Å². The molecule has 26 heavy (non-hydrogen) atoms. The topological polar surface area (TPSA) is 59.6 Å². The van der Waals surface area contributed by atoms with Gasteiger partial charge >= 0.3 is 6.03 Å².